The number of nitrogens with zero attached hydrogens (tertiary/aromatic N) is 3. The van der Waals surface area contributed by atoms with E-state index in [0.29, 0.717) is 42.5 Å². The van der Waals surface area contributed by atoms with Gasteiger partial charge in [0.1, 0.15) is 17.5 Å². The van der Waals surface area contributed by atoms with Gasteiger partial charge in [-0.2, -0.15) is 0 Å². The van der Waals surface area contributed by atoms with Gasteiger partial charge in [-0.3, -0.25) is 24.4 Å². The standard InChI is InChI=1S/C41H45ClN4O5/c1-26-20-31(24-46-18-5-4-12-37(46)41(49)50)38(51-3)21-30(26)15-14-29-8-6-9-33(27(29)2)34-10-7-11-35(39(34)42)44-40(48)36-16-13-28(22-43-36)23-45-19-17-32(47)25-45/h6-11,13-16,20-22,32,37,47H,4-5,12,17-19,23-25H2,1-3H3,(H,44,48)(H,49,50)/b15-14+/t32-,37+/m1/s1. The Hall–Kier alpha value is -4.54. The topological polar surface area (TPSA) is 115 Å². The van der Waals surface area contributed by atoms with E-state index in [2.05, 4.69) is 53.3 Å². The Morgan fingerprint density at radius 2 is 1.76 bits per heavy atom. The predicted octanol–water partition coefficient (Wildman–Crippen LogP) is 7.46. The van der Waals surface area contributed by atoms with E-state index in [0.717, 1.165) is 82.6 Å². The van der Waals surface area contributed by atoms with Gasteiger partial charge in [-0.1, -0.05) is 72.6 Å². The fourth-order valence-corrected chi connectivity index (χ4v) is 7.41. The Bertz CT molecular complexity index is 1930. The van der Waals surface area contributed by atoms with E-state index in [1.54, 1.807) is 25.4 Å². The Labute approximate surface area is 304 Å². The fourth-order valence-electron chi connectivity index (χ4n) is 7.13. The van der Waals surface area contributed by atoms with Crippen molar-refractivity contribution in [2.24, 2.45) is 0 Å². The average Bonchev–Trinajstić information content (AvgIpc) is 3.54. The van der Waals surface area contributed by atoms with Crippen LogP contribution < -0.4 is 10.1 Å². The summed E-state index contributed by atoms with van der Waals surface area (Å²) < 4.78 is 5.78. The SMILES string of the molecule is COc1cc(/C=C/c2cccc(-c3cccc(NC(=O)c4ccc(CN5CC[C@@H](O)C5)cn4)c3Cl)c2C)c(C)cc1CN1CCCC[C@H]1C(=O)O. The number of carboxylic acid groups (broad SMARTS) is 1. The monoisotopic (exact) mass is 708 g/mol. The lowest BCUT2D eigenvalue weighted by atomic mass is 9.95. The number of aryl methyl sites for hydroxylation is 1. The number of piperidine rings is 1. The number of methoxy groups -OCH3 is 1. The molecule has 0 unspecified atom stereocenters. The highest BCUT2D eigenvalue weighted by molar-refractivity contribution is 6.36. The van der Waals surface area contributed by atoms with Crippen LogP contribution in [-0.2, 0) is 17.9 Å². The lowest BCUT2D eigenvalue weighted by molar-refractivity contribution is -0.144. The summed E-state index contributed by atoms with van der Waals surface area (Å²) in [4.78, 5) is 33.6. The van der Waals surface area contributed by atoms with Gasteiger partial charge in [-0.25, -0.2) is 0 Å². The number of hydrogen-bond acceptors (Lipinski definition) is 7. The van der Waals surface area contributed by atoms with Crippen LogP contribution in [0.4, 0.5) is 5.69 Å². The second-order valence-corrected chi connectivity index (χ2v) is 13.9. The number of halogens is 1. The number of aliphatic hydroxyl groups excluding tert-OH is 1. The first-order valence-corrected chi connectivity index (χ1v) is 17.9. The molecule has 266 valence electrons. The molecule has 6 rings (SSSR count). The third-order valence-electron chi connectivity index (χ3n) is 10.0. The Morgan fingerprint density at radius 1 is 0.980 bits per heavy atom. The minimum atomic E-state index is -0.768. The maximum absolute atomic E-state index is 13.2. The van der Waals surface area contributed by atoms with E-state index in [1.807, 2.05) is 41.3 Å². The normalized spacial score (nSPS) is 18.3. The molecule has 0 radical (unpaired) electrons. The van der Waals surface area contributed by atoms with Crippen molar-refractivity contribution in [1.29, 1.82) is 0 Å². The summed E-state index contributed by atoms with van der Waals surface area (Å²) in [5, 5.41) is 22.9. The summed E-state index contributed by atoms with van der Waals surface area (Å²) in [7, 11) is 1.65. The number of carbonyl (C=O) groups is 2. The summed E-state index contributed by atoms with van der Waals surface area (Å²) in [6.07, 6.45) is 8.94. The smallest absolute Gasteiger partial charge is 0.320 e. The second kappa shape index (κ2) is 16.2. The van der Waals surface area contributed by atoms with Crippen molar-refractivity contribution >= 4 is 41.3 Å². The molecule has 0 spiro atoms. The lowest BCUT2D eigenvalue weighted by Crippen LogP contribution is -2.44. The van der Waals surface area contributed by atoms with Gasteiger partial charge < -0.3 is 20.3 Å². The minimum Gasteiger partial charge on any atom is -0.496 e. The molecule has 0 aliphatic carbocycles. The molecule has 10 heteroatoms. The van der Waals surface area contributed by atoms with Crippen LogP contribution in [0.3, 0.4) is 0 Å². The zero-order valence-electron chi connectivity index (χ0n) is 29.4. The zero-order chi connectivity index (χ0) is 36.1. The zero-order valence-corrected chi connectivity index (χ0v) is 30.1. The molecule has 3 aromatic carbocycles. The van der Waals surface area contributed by atoms with Crippen LogP contribution in [0.5, 0.6) is 5.75 Å². The molecule has 1 aromatic heterocycles. The summed E-state index contributed by atoms with van der Waals surface area (Å²) in [6, 6.07) is 18.9. The van der Waals surface area contributed by atoms with Gasteiger partial charge in [-0.15, -0.1) is 0 Å². The van der Waals surface area contributed by atoms with Crippen LogP contribution in [0.2, 0.25) is 5.02 Å². The van der Waals surface area contributed by atoms with Crippen molar-refractivity contribution in [3.05, 3.63) is 111 Å². The second-order valence-electron chi connectivity index (χ2n) is 13.5. The summed E-state index contributed by atoms with van der Waals surface area (Å²) in [5.74, 6) is -0.379. The highest BCUT2D eigenvalue weighted by atomic mass is 35.5. The number of pyridine rings is 1. The molecule has 2 aliphatic heterocycles. The first kappa shape index (κ1) is 36.3. The van der Waals surface area contributed by atoms with Crippen LogP contribution in [0.1, 0.15) is 69.6 Å². The van der Waals surface area contributed by atoms with Crippen molar-refractivity contribution < 1.29 is 24.5 Å². The number of nitrogens with one attached hydrogen (secondary N) is 1. The first-order valence-electron chi connectivity index (χ1n) is 17.5. The molecule has 3 heterocycles. The van der Waals surface area contributed by atoms with Crippen molar-refractivity contribution in [2.75, 3.05) is 32.1 Å². The number of amides is 1. The number of ether oxygens (including phenoxy) is 1. The van der Waals surface area contributed by atoms with Crippen LogP contribution in [0.25, 0.3) is 23.3 Å². The molecule has 2 aliphatic rings. The largest absolute Gasteiger partial charge is 0.496 e. The molecule has 0 saturated carbocycles. The molecule has 0 bridgehead atoms. The number of likely N-dealkylation sites (tertiary alicyclic amines) is 2. The molecule has 4 aromatic rings. The van der Waals surface area contributed by atoms with Gasteiger partial charge in [0.2, 0.25) is 0 Å². The van der Waals surface area contributed by atoms with Crippen LogP contribution in [-0.4, -0.2) is 75.8 Å². The van der Waals surface area contributed by atoms with Crippen LogP contribution in [0.15, 0.2) is 66.9 Å². The molecule has 2 atom stereocenters. The minimum absolute atomic E-state index is 0.281. The third kappa shape index (κ3) is 8.51. The Balaban J connectivity index is 1.17. The molecule has 2 saturated heterocycles. The molecule has 51 heavy (non-hydrogen) atoms. The number of β-amino-alcohol motifs (C(OH)–C–C–N with tert-alkyl or cyclic N) is 1. The number of aliphatic hydroxyl groups is 1. The number of benzene rings is 3. The molecule has 9 nitrogen and oxygen atoms in total. The van der Waals surface area contributed by atoms with E-state index < -0.39 is 12.0 Å². The van der Waals surface area contributed by atoms with Crippen molar-refractivity contribution in [3.8, 4) is 16.9 Å². The van der Waals surface area contributed by atoms with Gasteiger partial charge in [0.25, 0.3) is 5.91 Å². The maximum Gasteiger partial charge on any atom is 0.320 e. The van der Waals surface area contributed by atoms with Gasteiger partial charge >= 0.3 is 5.97 Å². The first-order chi connectivity index (χ1) is 24.6. The number of hydrogen-bond donors (Lipinski definition) is 3. The maximum atomic E-state index is 13.2. The third-order valence-corrected chi connectivity index (χ3v) is 10.4. The summed E-state index contributed by atoms with van der Waals surface area (Å²) in [6.45, 7) is 7.57. The molecule has 2 fully saturated rings. The number of aromatic nitrogens is 1. The van der Waals surface area contributed by atoms with Crippen molar-refractivity contribution in [3.63, 3.8) is 0 Å². The lowest BCUT2D eigenvalue weighted by Gasteiger charge is -2.33. The van der Waals surface area contributed by atoms with Crippen molar-refractivity contribution in [1.82, 2.24) is 14.8 Å². The molecule has 3 N–H and O–H groups in total. The Morgan fingerprint density at radius 3 is 2.49 bits per heavy atom. The van der Waals surface area contributed by atoms with E-state index >= 15 is 0 Å². The molecule has 1 amide bonds. The average molecular weight is 709 g/mol. The highest BCUT2D eigenvalue weighted by Gasteiger charge is 2.29. The number of rotatable bonds is 11. The van der Waals surface area contributed by atoms with Gasteiger partial charge in [0.15, 0.2) is 0 Å². The highest BCUT2D eigenvalue weighted by Crippen LogP contribution is 2.37. The Kier molecular flexibility index (Phi) is 11.5. The number of carbonyl (C=O) groups excluding carboxylic acids is 1. The van der Waals surface area contributed by atoms with Crippen molar-refractivity contribution in [2.45, 2.75) is 64.8 Å². The van der Waals surface area contributed by atoms with E-state index in [9.17, 15) is 19.8 Å². The van der Waals surface area contributed by atoms with E-state index in [4.69, 9.17) is 16.3 Å². The summed E-state index contributed by atoms with van der Waals surface area (Å²) >= 11 is 6.94. The van der Waals surface area contributed by atoms with Gasteiger partial charge in [0.05, 0.1) is 23.9 Å². The fraction of sp³-hybridized carbons (Fsp3) is 0.341. The van der Waals surface area contributed by atoms with Crippen LogP contribution >= 0.6 is 11.6 Å². The number of anilines is 1. The summed E-state index contributed by atoms with van der Waals surface area (Å²) in [5.41, 5.74) is 8.64. The quantitative estimate of drug-likeness (QED) is 0.138. The molecular weight excluding hydrogens is 664 g/mol. The van der Waals surface area contributed by atoms with Gasteiger partial charge in [0, 0.05) is 43.5 Å². The number of carboxylic acids is 1. The van der Waals surface area contributed by atoms with E-state index in [-0.39, 0.29) is 12.0 Å². The van der Waals surface area contributed by atoms with E-state index in [1.165, 1.54) is 0 Å². The van der Waals surface area contributed by atoms with Crippen LogP contribution in [0, 0.1) is 13.8 Å². The number of aliphatic carboxylic acids is 1. The predicted molar refractivity (Wildman–Crippen MR) is 202 cm³/mol. The van der Waals surface area contributed by atoms with Gasteiger partial charge in [-0.05, 0) is 91.2 Å². The molecular formula is C41H45ClN4O5.